The molecule has 0 saturated carbocycles. The number of hydrogen-bond acceptors (Lipinski definition) is 2. The van der Waals surface area contributed by atoms with Crippen molar-refractivity contribution in [3.63, 3.8) is 0 Å². The summed E-state index contributed by atoms with van der Waals surface area (Å²) in [6.07, 6.45) is 1.46. The molecule has 15 heavy (non-hydrogen) atoms. The second kappa shape index (κ2) is 7.01. The normalized spacial score (nSPS) is 12.0. The Morgan fingerprint density at radius 3 is 2.67 bits per heavy atom. The molecule has 1 aromatic carbocycles. The molecule has 0 fully saturated rings. The quantitative estimate of drug-likeness (QED) is 0.866. The van der Waals surface area contributed by atoms with E-state index >= 15 is 0 Å². The molecule has 1 atom stereocenters. The van der Waals surface area contributed by atoms with Crippen molar-refractivity contribution in [2.45, 2.75) is 18.9 Å². The summed E-state index contributed by atoms with van der Waals surface area (Å²) in [6.45, 7) is 0.565. The van der Waals surface area contributed by atoms with Crippen LogP contribution in [0.2, 0.25) is 5.02 Å². The Labute approximate surface area is 100 Å². The summed E-state index contributed by atoms with van der Waals surface area (Å²) in [7, 11) is 0. The van der Waals surface area contributed by atoms with E-state index in [9.17, 15) is 4.39 Å². The molecule has 2 nitrogen and oxygen atoms in total. The van der Waals surface area contributed by atoms with Gasteiger partial charge in [0.15, 0.2) is 0 Å². The van der Waals surface area contributed by atoms with Crippen LogP contribution in [0.25, 0.3) is 0 Å². The van der Waals surface area contributed by atoms with Gasteiger partial charge in [-0.1, -0.05) is 23.7 Å². The summed E-state index contributed by atoms with van der Waals surface area (Å²) >= 11 is 5.64. The van der Waals surface area contributed by atoms with Gasteiger partial charge >= 0.3 is 0 Å². The van der Waals surface area contributed by atoms with Crippen LogP contribution in [0.1, 0.15) is 24.4 Å². The maximum Gasteiger partial charge on any atom is 0.146 e. The van der Waals surface area contributed by atoms with Crippen molar-refractivity contribution < 1.29 is 4.39 Å². The van der Waals surface area contributed by atoms with Gasteiger partial charge in [-0.25, -0.2) is 4.39 Å². The first kappa shape index (κ1) is 14.6. The van der Waals surface area contributed by atoms with Crippen molar-refractivity contribution in [1.29, 1.82) is 0 Å². The number of nitrogens with two attached hydrogens (primary N) is 2. The predicted octanol–water partition coefficient (Wildman–Crippen LogP) is 2.64. The molecular weight excluding hydrogens is 238 g/mol. The first-order chi connectivity index (χ1) is 6.66. The SMILES string of the molecule is Cl.NCCC[C@H](N)c1cccc(Cl)c1F. The number of benzene rings is 1. The van der Waals surface area contributed by atoms with E-state index in [4.69, 9.17) is 23.1 Å². The lowest BCUT2D eigenvalue weighted by Gasteiger charge is -2.12. The Bertz CT molecular complexity index is 307. The smallest absolute Gasteiger partial charge is 0.146 e. The molecule has 0 saturated heterocycles. The molecule has 0 unspecified atom stereocenters. The first-order valence-electron chi connectivity index (χ1n) is 4.56. The molecule has 0 bridgehead atoms. The van der Waals surface area contributed by atoms with E-state index in [2.05, 4.69) is 0 Å². The Morgan fingerprint density at radius 2 is 2.07 bits per heavy atom. The van der Waals surface area contributed by atoms with E-state index < -0.39 is 5.82 Å². The van der Waals surface area contributed by atoms with Crippen LogP contribution >= 0.6 is 24.0 Å². The third-order valence-corrected chi connectivity index (χ3v) is 2.39. The maximum atomic E-state index is 13.4. The minimum atomic E-state index is -0.418. The van der Waals surface area contributed by atoms with Gasteiger partial charge in [-0.05, 0) is 25.5 Å². The molecule has 0 radical (unpaired) electrons. The molecule has 0 heterocycles. The zero-order valence-corrected chi connectivity index (χ0v) is 9.82. The van der Waals surface area contributed by atoms with E-state index in [1.165, 1.54) is 6.07 Å². The second-order valence-electron chi connectivity index (χ2n) is 3.18. The summed E-state index contributed by atoms with van der Waals surface area (Å²) in [6, 6.07) is 4.54. The first-order valence-corrected chi connectivity index (χ1v) is 4.94. The molecule has 4 N–H and O–H groups in total. The highest BCUT2D eigenvalue weighted by atomic mass is 35.5. The highest BCUT2D eigenvalue weighted by Gasteiger charge is 2.12. The van der Waals surface area contributed by atoms with Crippen LogP contribution in [0, 0.1) is 5.82 Å². The molecule has 1 aromatic rings. The molecule has 86 valence electrons. The summed E-state index contributed by atoms with van der Waals surface area (Å²) in [4.78, 5) is 0. The molecule has 0 aromatic heterocycles. The molecule has 0 amide bonds. The van der Waals surface area contributed by atoms with Gasteiger partial charge in [-0.15, -0.1) is 12.4 Å². The van der Waals surface area contributed by atoms with Gasteiger partial charge in [-0.3, -0.25) is 0 Å². The Hall–Kier alpha value is -0.350. The van der Waals surface area contributed by atoms with Crippen molar-refractivity contribution in [3.8, 4) is 0 Å². The van der Waals surface area contributed by atoms with Gasteiger partial charge in [0.1, 0.15) is 5.82 Å². The van der Waals surface area contributed by atoms with E-state index in [0.717, 1.165) is 6.42 Å². The Kier molecular flexibility index (Phi) is 6.85. The van der Waals surface area contributed by atoms with E-state index in [0.29, 0.717) is 18.5 Å². The van der Waals surface area contributed by atoms with Gasteiger partial charge in [0.2, 0.25) is 0 Å². The predicted molar refractivity (Wildman–Crippen MR) is 63.9 cm³/mol. The van der Waals surface area contributed by atoms with E-state index in [1.54, 1.807) is 12.1 Å². The summed E-state index contributed by atoms with van der Waals surface area (Å²) in [5.74, 6) is -0.418. The van der Waals surface area contributed by atoms with Crippen LogP contribution < -0.4 is 11.5 Å². The van der Waals surface area contributed by atoms with Gasteiger partial charge in [0.05, 0.1) is 5.02 Å². The lowest BCUT2D eigenvalue weighted by Crippen LogP contribution is -2.14. The topological polar surface area (TPSA) is 52.0 Å². The average Bonchev–Trinajstić information content (AvgIpc) is 2.18. The molecule has 0 aliphatic heterocycles. The van der Waals surface area contributed by atoms with Gasteiger partial charge in [0, 0.05) is 11.6 Å². The van der Waals surface area contributed by atoms with Crippen LogP contribution in [0.15, 0.2) is 18.2 Å². The fourth-order valence-electron chi connectivity index (χ4n) is 1.30. The monoisotopic (exact) mass is 252 g/mol. The van der Waals surface area contributed by atoms with Crippen molar-refractivity contribution in [2.24, 2.45) is 11.5 Å². The van der Waals surface area contributed by atoms with Gasteiger partial charge < -0.3 is 11.5 Å². The van der Waals surface area contributed by atoms with Crippen LogP contribution in [-0.2, 0) is 0 Å². The Balaban J connectivity index is 0.00000196. The maximum absolute atomic E-state index is 13.4. The highest BCUT2D eigenvalue weighted by molar-refractivity contribution is 6.30. The van der Waals surface area contributed by atoms with Crippen molar-refractivity contribution in [1.82, 2.24) is 0 Å². The zero-order chi connectivity index (χ0) is 10.6. The Morgan fingerprint density at radius 1 is 1.40 bits per heavy atom. The van der Waals surface area contributed by atoms with E-state index in [1.807, 2.05) is 0 Å². The fourth-order valence-corrected chi connectivity index (χ4v) is 1.48. The second-order valence-corrected chi connectivity index (χ2v) is 3.59. The molecule has 0 aliphatic rings. The molecular formula is C10H15Cl2FN2. The fraction of sp³-hybridized carbons (Fsp3) is 0.400. The third-order valence-electron chi connectivity index (χ3n) is 2.10. The van der Waals surface area contributed by atoms with Gasteiger partial charge in [-0.2, -0.15) is 0 Å². The van der Waals surface area contributed by atoms with Crippen LogP contribution in [0.3, 0.4) is 0 Å². The van der Waals surface area contributed by atoms with Crippen molar-refractivity contribution >= 4 is 24.0 Å². The van der Waals surface area contributed by atoms with Crippen LogP contribution in [-0.4, -0.2) is 6.54 Å². The summed E-state index contributed by atoms with van der Waals surface area (Å²) in [5, 5.41) is 0.116. The molecule has 0 spiro atoms. The standard InChI is InChI=1S/C10H14ClFN2.ClH/c11-8-4-1-3-7(10(8)12)9(14)5-2-6-13;/h1,3-4,9H,2,5-6,13-14H2;1H/t9-;/m0./s1. The highest BCUT2D eigenvalue weighted by Crippen LogP contribution is 2.24. The molecule has 1 rings (SSSR count). The third kappa shape index (κ3) is 3.95. The summed E-state index contributed by atoms with van der Waals surface area (Å²) < 4.78 is 13.4. The van der Waals surface area contributed by atoms with Crippen LogP contribution in [0.5, 0.6) is 0 Å². The van der Waals surface area contributed by atoms with Crippen molar-refractivity contribution in [2.75, 3.05) is 6.54 Å². The minimum Gasteiger partial charge on any atom is -0.330 e. The number of halogens is 3. The van der Waals surface area contributed by atoms with Gasteiger partial charge in [0.25, 0.3) is 0 Å². The van der Waals surface area contributed by atoms with Crippen molar-refractivity contribution in [3.05, 3.63) is 34.6 Å². The average molecular weight is 253 g/mol. The lowest BCUT2D eigenvalue weighted by molar-refractivity contribution is 0.554. The van der Waals surface area contributed by atoms with Crippen LogP contribution in [0.4, 0.5) is 4.39 Å². The number of rotatable bonds is 4. The minimum absolute atomic E-state index is 0. The zero-order valence-electron chi connectivity index (χ0n) is 8.25. The molecule has 0 aliphatic carbocycles. The summed E-state index contributed by atoms with van der Waals surface area (Å²) in [5.41, 5.74) is 11.6. The van der Waals surface area contributed by atoms with E-state index in [-0.39, 0.29) is 23.5 Å². The molecule has 5 heteroatoms. The number of hydrogen-bond donors (Lipinski definition) is 2. The lowest BCUT2D eigenvalue weighted by atomic mass is 10.0. The largest absolute Gasteiger partial charge is 0.330 e.